The summed E-state index contributed by atoms with van der Waals surface area (Å²) in [6.07, 6.45) is 2.52. The normalized spacial score (nSPS) is 10.9. The molecule has 4 aromatic rings. The molecule has 4 rings (SSSR count). The van der Waals surface area contributed by atoms with Crippen LogP contribution in [-0.2, 0) is 6.42 Å². The second-order valence-corrected chi connectivity index (χ2v) is 6.32. The lowest BCUT2D eigenvalue weighted by Gasteiger charge is -2.15. The van der Waals surface area contributed by atoms with E-state index in [1.165, 1.54) is 0 Å². The summed E-state index contributed by atoms with van der Waals surface area (Å²) in [4.78, 5) is 17.8. The summed E-state index contributed by atoms with van der Waals surface area (Å²) in [6.45, 7) is 2.07. The summed E-state index contributed by atoms with van der Waals surface area (Å²) in [5.74, 6) is 0.550. The molecular formula is C23H20N2O2. The summed E-state index contributed by atoms with van der Waals surface area (Å²) in [6, 6.07) is 21.6. The van der Waals surface area contributed by atoms with E-state index in [9.17, 15) is 4.79 Å². The van der Waals surface area contributed by atoms with Gasteiger partial charge in [-0.05, 0) is 41.6 Å². The van der Waals surface area contributed by atoms with E-state index in [-0.39, 0.29) is 5.56 Å². The lowest BCUT2D eigenvalue weighted by atomic mass is 9.99. The number of hydrogen-bond donors (Lipinski definition) is 0. The Kier molecular flexibility index (Phi) is 4.47. The molecule has 0 bridgehead atoms. The van der Waals surface area contributed by atoms with Crippen molar-refractivity contribution in [2.24, 2.45) is 0 Å². The molecule has 0 fully saturated rings. The van der Waals surface area contributed by atoms with Gasteiger partial charge >= 0.3 is 0 Å². The highest BCUT2D eigenvalue weighted by Gasteiger charge is 2.14. The first-order valence-corrected chi connectivity index (χ1v) is 8.96. The number of nitrogens with zero attached hydrogens (tertiary/aromatic N) is 2. The number of aromatic nitrogens is 2. The van der Waals surface area contributed by atoms with Crippen LogP contribution in [0.4, 0.5) is 0 Å². The van der Waals surface area contributed by atoms with Crippen LogP contribution in [0, 0.1) is 0 Å². The average Bonchev–Trinajstić information content (AvgIpc) is 2.73. The molecule has 0 atom stereocenters. The van der Waals surface area contributed by atoms with Crippen molar-refractivity contribution >= 4 is 10.8 Å². The Morgan fingerprint density at radius 1 is 1.00 bits per heavy atom. The van der Waals surface area contributed by atoms with E-state index in [2.05, 4.69) is 18.0 Å². The summed E-state index contributed by atoms with van der Waals surface area (Å²) in [5, 5.41) is 1.64. The van der Waals surface area contributed by atoms with Crippen molar-refractivity contribution < 1.29 is 4.74 Å². The Labute approximate surface area is 157 Å². The minimum atomic E-state index is -0.0121. The third-order valence-electron chi connectivity index (χ3n) is 4.76. The second-order valence-electron chi connectivity index (χ2n) is 6.32. The Bertz CT molecular complexity index is 1150. The molecule has 2 aromatic heterocycles. The molecule has 0 aliphatic rings. The van der Waals surface area contributed by atoms with E-state index in [0.717, 1.165) is 34.3 Å². The maximum absolute atomic E-state index is 13.5. The van der Waals surface area contributed by atoms with Gasteiger partial charge in [-0.3, -0.25) is 9.36 Å². The molecule has 0 aliphatic carbocycles. The largest absolute Gasteiger partial charge is 0.481 e. The van der Waals surface area contributed by atoms with Crippen molar-refractivity contribution in [2.45, 2.75) is 13.3 Å². The molecule has 0 aliphatic heterocycles. The van der Waals surface area contributed by atoms with Gasteiger partial charge in [0, 0.05) is 29.2 Å². The molecule has 4 heteroatoms. The quantitative estimate of drug-likeness (QED) is 0.536. The number of fused-ring (bicyclic) bond motifs is 1. The van der Waals surface area contributed by atoms with Crippen molar-refractivity contribution in [1.82, 2.24) is 9.55 Å². The molecule has 134 valence electrons. The lowest BCUT2D eigenvalue weighted by molar-refractivity contribution is 0.398. The zero-order chi connectivity index (χ0) is 18.8. The summed E-state index contributed by atoms with van der Waals surface area (Å²) >= 11 is 0. The second kappa shape index (κ2) is 7.08. The van der Waals surface area contributed by atoms with Gasteiger partial charge in [0.05, 0.1) is 12.5 Å². The zero-order valence-corrected chi connectivity index (χ0v) is 15.3. The first kappa shape index (κ1) is 17.0. The monoisotopic (exact) mass is 356 g/mol. The SMILES string of the molecule is CCc1cc2cccc(-c3ccc(OC)nc3)c2c(=O)n1-c1ccccc1. The van der Waals surface area contributed by atoms with Gasteiger partial charge < -0.3 is 4.74 Å². The molecule has 4 nitrogen and oxygen atoms in total. The molecule has 0 amide bonds. The third kappa shape index (κ3) is 2.99. The minimum absolute atomic E-state index is 0.0121. The van der Waals surface area contributed by atoms with E-state index >= 15 is 0 Å². The molecule has 2 heterocycles. The van der Waals surface area contributed by atoms with Crippen LogP contribution in [0.15, 0.2) is 77.7 Å². The molecule has 0 spiro atoms. The number of aryl methyl sites for hydroxylation is 1. The molecule has 0 N–H and O–H groups in total. The number of ether oxygens (including phenoxy) is 1. The fourth-order valence-electron chi connectivity index (χ4n) is 3.44. The number of para-hydroxylation sites is 1. The van der Waals surface area contributed by atoms with E-state index in [1.54, 1.807) is 13.3 Å². The van der Waals surface area contributed by atoms with Crippen LogP contribution in [0.3, 0.4) is 0 Å². The van der Waals surface area contributed by atoms with Crippen molar-refractivity contribution in [3.8, 4) is 22.7 Å². The smallest absolute Gasteiger partial charge is 0.263 e. The number of rotatable bonds is 4. The standard InChI is InChI=1S/C23H20N2O2/c1-3-18-14-16-8-7-11-20(17-12-13-21(27-2)24-15-17)22(16)23(26)25(18)19-9-5-4-6-10-19/h4-15H,3H2,1-2H3. The fourth-order valence-corrected chi connectivity index (χ4v) is 3.44. The van der Waals surface area contributed by atoms with E-state index in [0.29, 0.717) is 11.3 Å². The Hall–Kier alpha value is -3.40. The Morgan fingerprint density at radius 3 is 2.48 bits per heavy atom. The van der Waals surface area contributed by atoms with E-state index in [1.807, 2.05) is 65.2 Å². The van der Waals surface area contributed by atoms with E-state index in [4.69, 9.17) is 4.74 Å². The van der Waals surface area contributed by atoms with Gasteiger partial charge in [-0.2, -0.15) is 0 Å². The Morgan fingerprint density at radius 2 is 1.81 bits per heavy atom. The molecule has 0 unspecified atom stereocenters. The first-order valence-electron chi connectivity index (χ1n) is 8.96. The van der Waals surface area contributed by atoms with Crippen LogP contribution in [0.1, 0.15) is 12.6 Å². The summed E-state index contributed by atoms with van der Waals surface area (Å²) < 4.78 is 6.95. The maximum atomic E-state index is 13.5. The average molecular weight is 356 g/mol. The fraction of sp³-hybridized carbons (Fsp3) is 0.130. The topological polar surface area (TPSA) is 44.1 Å². The number of methoxy groups -OCH3 is 1. The van der Waals surface area contributed by atoms with Gasteiger partial charge in [-0.15, -0.1) is 0 Å². The molecule has 0 saturated carbocycles. The molecule has 0 radical (unpaired) electrons. The summed E-state index contributed by atoms with van der Waals surface area (Å²) in [5.41, 5.74) is 3.62. The molecule has 27 heavy (non-hydrogen) atoms. The number of pyridine rings is 2. The summed E-state index contributed by atoms with van der Waals surface area (Å²) in [7, 11) is 1.59. The maximum Gasteiger partial charge on any atom is 0.263 e. The van der Waals surface area contributed by atoms with Gasteiger partial charge in [0.15, 0.2) is 0 Å². The van der Waals surface area contributed by atoms with Crippen LogP contribution in [0.25, 0.3) is 27.6 Å². The van der Waals surface area contributed by atoms with Gasteiger partial charge in [0.2, 0.25) is 5.88 Å². The number of benzene rings is 2. The van der Waals surface area contributed by atoms with Crippen molar-refractivity contribution in [1.29, 1.82) is 0 Å². The van der Waals surface area contributed by atoms with Gasteiger partial charge in [-0.25, -0.2) is 4.98 Å². The molecule has 0 saturated heterocycles. The van der Waals surface area contributed by atoms with Crippen LogP contribution < -0.4 is 10.3 Å². The first-order chi connectivity index (χ1) is 13.2. The van der Waals surface area contributed by atoms with Crippen molar-refractivity contribution in [2.75, 3.05) is 7.11 Å². The molecule has 2 aromatic carbocycles. The predicted octanol–water partition coefficient (Wildman–Crippen LogP) is 4.62. The van der Waals surface area contributed by atoms with Crippen LogP contribution in [0.5, 0.6) is 5.88 Å². The van der Waals surface area contributed by atoms with Crippen LogP contribution in [-0.4, -0.2) is 16.7 Å². The van der Waals surface area contributed by atoms with Gasteiger partial charge in [0.25, 0.3) is 5.56 Å². The highest BCUT2D eigenvalue weighted by molar-refractivity contribution is 5.96. The molecular weight excluding hydrogens is 336 g/mol. The third-order valence-corrected chi connectivity index (χ3v) is 4.76. The van der Waals surface area contributed by atoms with Crippen LogP contribution in [0.2, 0.25) is 0 Å². The number of hydrogen-bond acceptors (Lipinski definition) is 3. The predicted molar refractivity (Wildman–Crippen MR) is 109 cm³/mol. The van der Waals surface area contributed by atoms with Crippen molar-refractivity contribution in [3.05, 3.63) is 89.0 Å². The van der Waals surface area contributed by atoms with Gasteiger partial charge in [-0.1, -0.05) is 43.3 Å². The van der Waals surface area contributed by atoms with Crippen molar-refractivity contribution in [3.63, 3.8) is 0 Å². The van der Waals surface area contributed by atoms with E-state index < -0.39 is 0 Å². The lowest BCUT2D eigenvalue weighted by Crippen LogP contribution is -2.22. The Balaban J connectivity index is 2.03. The highest BCUT2D eigenvalue weighted by Crippen LogP contribution is 2.28. The highest BCUT2D eigenvalue weighted by atomic mass is 16.5. The zero-order valence-electron chi connectivity index (χ0n) is 15.3. The minimum Gasteiger partial charge on any atom is -0.481 e. The van der Waals surface area contributed by atoms with Gasteiger partial charge in [0.1, 0.15) is 0 Å². The van der Waals surface area contributed by atoms with Crippen LogP contribution >= 0.6 is 0 Å².